The first kappa shape index (κ1) is 19.3. The number of aryl methyl sites for hydroxylation is 1. The number of aromatic nitrogens is 2. The van der Waals surface area contributed by atoms with Gasteiger partial charge in [0.05, 0.1) is 11.3 Å². The smallest absolute Gasteiger partial charge is 0.355 e. The van der Waals surface area contributed by atoms with E-state index in [1.807, 2.05) is 13.0 Å². The van der Waals surface area contributed by atoms with Gasteiger partial charge >= 0.3 is 6.18 Å². The monoisotopic (exact) mass is 353 g/mol. The lowest BCUT2D eigenvalue weighted by Gasteiger charge is -2.22. The second-order valence-corrected chi connectivity index (χ2v) is 6.77. The zero-order valence-electron chi connectivity index (χ0n) is 15.3. The van der Waals surface area contributed by atoms with Crippen LogP contribution in [0.25, 0.3) is 5.69 Å². The summed E-state index contributed by atoms with van der Waals surface area (Å²) < 4.78 is 39.9. The molecule has 0 fully saturated rings. The molecule has 0 saturated heterocycles. The van der Waals surface area contributed by atoms with E-state index >= 15 is 0 Å². The highest BCUT2D eigenvalue weighted by atomic mass is 19.4. The van der Waals surface area contributed by atoms with Gasteiger partial charge in [-0.3, -0.25) is 0 Å². The first-order valence-electron chi connectivity index (χ1n) is 8.71. The van der Waals surface area contributed by atoms with Crippen molar-refractivity contribution in [3.05, 3.63) is 41.6 Å². The molecule has 0 unspecified atom stereocenters. The maximum atomic E-state index is 12.7. The average Bonchev–Trinajstić information content (AvgIpc) is 2.92. The first-order chi connectivity index (χ1) is 11.7. The van der Waals surface area contributed by atoms with Crippen molar-refractivity contribution in [2.24, 2.45) is 5.92 Å². The third kappa shape index (κ3) is 5.00. The van der Waals surface area contributed by atoms with Crippen molar-refractivity contribution < 1.29 is 13.2 Å². The van der Waals surface area contributed by atoms with Crippen LogP contribution in [-0.4, -0.2) is 22.9 Å². The van der Waals surface area contributed by atoms with Crippen molar-refractivity contribution in [2.75, 3.05) is 18.0 Å². The Morgan fingerprint density at radius 1 is 1.12 bits per heavy atom. The van der Waals surface area contributed by atoms with Crippen LogP contribution in [0.5, 0.6) is 0 Å². The Labute approximate surface area is 147 Å². The summed E-state index contributed by atoms with van der Waals surface area (Å²) in [6, 6.07) is 7.11. The van der Waals surface area contributed by atoms with Gasteiger partial charge in [-0.15, -0.1) is 0 Å². The zero-order chi connectivity index (χ0) is 18.6. The van der Waals surface area contributed by atoms with Crippen LogP contribution in [0, 0.1) is 12.8 Å². The van der Waals surface area contributed by atoms with Gasteiger partial charge in [-0.2, -0.15) is 18.3 Å². The van der Waals surface area contributed by atoms with Gasteiger partial charge in [0.25, 0.3) is 0 Å². The lowest BCUT2D eigenvalue weighted by atomic mass is 10.1. The van der Waals surface area contributed by atoms with E-state index in [0.29, 0.717) is 11.6 Å². The maximum Gasteiger partial charge on any atom is 0.416 e. The average molecular weight is 353 g/mol. The highest BCUT2D eigenvalue weighted by Gasteiger charge is 2.30. The molecule has 0 spiro atoms. The summed E-state index contributed by atoms with van der Waals surface area (Å²) in [5, 5.41) is 4.63. The molecule has 0 aliphatic rings. The van der Waals surface area contributed by atoms with Crippen LogP contribution in [0.1, 0.15) is 44.9 Å². The molecule has 0 radical (unpaired) electrons. The molecule has 0 saturated carbocycles. The predicted molar refractivity (Wildman–Crippen MR) is 95.3 cm³/mol. The molecule has 3 nitrogen and oxygen atoms in total. The summed E-state index contributed by atoms with van der Waals surface area (Å²) in [7, 11) is 0. The highest BCUT2D eigenvalue weighted by molar-refractivity contribution is 5.44. The molecule has 1 aromatic heterocycles. The lowest BCUT2D eigenvalue weighted by Crippen LogP contribution is -2.26. The topological polar surface area (TPSA) is 21.1 Å². The van der Waals surface area contributed by atoms with Crippen LogP contribution in [-0.2, 0) is 6.18 Å². The zero-order valence-corrected chi connectivity index (χ0v) is 15.3. The molecular weight excluding hydrogens is 327 g/mol. The van der Waals surface area contributed by atoms with Gasteiger partial charge in [-0.1, -0.05) is 20.8 Å². The van der Waals surface area contributed by atoms with Crippen LogP contribution >= 0.6 is 0 Å². The Morgan fingerprint density at radius 2 is 1.76 bits per heavy atom. The van der Waals surface area contributed by atoms with E-state index in [-0.39, 0.29) is 0 Å². The van der Waals surface area contributed by atoms with Gasteiger partial charge < -0.3 is 4.90 Å². The van der Waals surface area contributed by atoms with Crippen LogP contribution in [0.15, 0.2) is 30.3 Å². The van der Waals surface area contributed by atoms with Crippen LogP contribution in [0.4, 0.5) is 19.0 Å². The normalized spacial score (nSPS) is 12.0. The van der Waals surface area contributed by atoms with E-state index < -0.39 is 11.7 Å². The molecule has 0 bridgehead atoms. The van der Waals surface area contributed by atoms with Crippen LogP contribution < -0.4 is 4.90 Å². The van der Waals surface area contributed by atoms with E-state index in [9.17, 15) is 13.2 Å². The molecule has 138 valence electrons. The van der Waals surface area contributed by atoms with Gasteiger partial charge in [0, 0.05) is 24.8 Å². The number of hydrogen-bond donors (Lipinski definition) is 0. The van der Waals surface area contributed by atoms with Gasteiger partial charge in [-0.25, -0.2) is 4.68 Å². The summed E-state index contributed by atoms with van der Waals surface area (Å²) in [6.45, 7) is 10.3. The van der Waals surface area contributed by atoms with Gasteiger partial charge in [0.15, 0.2) is 5.82 Å². The highest BCUT2D eigenvalue weighted by Crippen LogP contribution is 2.30. The third-order valence-corrected chi connectivity index (χ3v) is 4.11. The molecule has 0 amide bonds. The van der Waals surface area contributed by atoms with Crippen molar-refractivity contribution in [3.8, 4) is 5.69 Å². The fourth-order valence-electron chi connectivity index (χ4n) is 2.69. The molecule has 25 heavy (non-hydrogen) atoms. The lowest BCUT2D eigenvalue weighted by molar-refractivity contribution is -0.137. The summed E-state index contributed by atoms with van der Waals surface area (Å²) >= 11 is 0. The summed E-state index contributed by atoms with van der Waals surface area (Å²) in [5.41, 5.74) is 0.892. The first-order valence-corrected chi connectivity index (χ1v) is 8.71. The fourth-order valence-corrected chi connectivity index (χ4v) is 2.69. The Kier molecular flexibility index (Phi) is 6.14. The van der Waals surface area contributed by atoms with Gasteiger partial charge in [0.2, 0.25) is 0 Å². The molecule has 6 heteroatoms. The molecule has 0 aliphatic carbocycles. The minimum absolute atomic E-state index is 0.609. The van der Waals surface area contributed by atoms with Crippen LogP contribution in [0.3, 0.4) is 0 Å². The van der Waals surface area contributed by atoms with E-state index in [0.717, 1.165) is 49.6 Å². The molecule has 2 aromatic rings. The summed E-state index contributed by atoms with van der Waals surface area (Å²) in [4.78, 5) is 2.24. The number of nitrogens with zero attached hydrogens (tertiary/aromatic N) is 3. The number of halogens is 3. The largest absolute Gasteiger partial charge is 0.416 e. The Balaban J connectivity index is 2.25. The number of benzene rings is 1. The Morgan fingerprint density at radius 3 is 2.28 bits per heavy atom. The van der Waals surface area contributed by atoms with E-state index in [2.05, 4.69) is 30.8 Å². The molecule has 0 atom stereocenters. The van der Waals surface area contributed by atoms with E-state index in [1.54, 1.807) is 4.68 Å². The minimum Gasteiger partial charge on any atom is -0.355 e. The number of alkyl halides is 3. The van der Waals surface area contributed by atoms with Crippen molar-refractivity contribution in [3.63, 3.8) is 0 Å². The molecule has 0 aliphatic heterocycles. The maximum absolute atomic E-state index is 12.7. The summed E-state index contributed by atoms with van der Waals surface area (Å²) in [6.07, 6.45) is -2.23. The van der Waals surface area contributed by atoms with Crippen molar-refractivity contribution in [1.29, 1.82) is 0 Å². The van der Waals surface area contributed by atoms with Crippen LogP contribution in [0.2, 0.25) is 0 Å². The van der Waals surface area contributed by atoms with E-state index in [1.165, 1.54) is 12.1 Å². The molecule has 1 heterocycles. The standard InChI is InChI=1S/C19H26F3N3/c1-5-11-24(12-10-14(2)3)18-13-15(4)25(23-18)17-8-6-16(7-9-17)19(20,21)22/h6-9,13-14H,5,10-12H2,1-4H3. The van der Waals surface area contributed by atoms with Crippen molar-refractivity contribution in [2.45, 2.75) is 46.7 Å². The fraction of sp³-hybridized carbons (Fsp3) is 0.526. The molecule has 1 aromatic carbocycles. The Bertz CT molecular complexity index is 672. The van der Waals surface area contributed by atoms with Gasteiger partial charge in [-0.05, 0) is 49.9 Å². The predicted octanol–water partition coefficient (Wildman–Crippen LogP) is 5.46. The molecular formula is C19H26F3N3. The van der Waals surface area contributed by atoms with Crippen molar-refractivity contribution >= 4 is 5.82 Å². The Hall–Kier alpha value is -1.98. The number of hydrogen-bond acceptors (Lipinski definition) is 2. The minimum atomic E-state index is -4.32. The number of rotatable bonds is 7. The van der Waals surface area contributed by atoms with E-state index in [4.69, 9.17) is 0 Å². The van der Waals surface area contributed by atoms with Gasteiger partial charge in [0.1, 0.15) is 0 Å². The quantitative estimate of drug-likeness (QED) is 0.659. The third-order valence-electron chi connectivity index (χ3n) is 4.11. The SMILES string of the molecule is CCCN(CCC(C)C)c1cc(C)n(-c2ccc(C(F)(F)F)cc2)n1. The van der Waals surface area contributed by atoms with Crippen molar-refractivity contribution in [1.82, 2.24) is 9.78 Å². The molecule has 0 N–H and O–H groups in total. The second-order valence-electron chi connectivity index (χ2n) is 6.77. The summed E-state index contributed by atoms with van der Waals surface area (Å²) in [5.74, 6) is 1.48. The second kappa shape index (κ2) is 7.93. The molecule has 2 rings (SSSR count). The number of anilines is 1.